The van der Waals surface area contributed by atoms with Crippen LogP contribution in [0.2, 0.25) is 0 Å². The molecule has 0 bridgehead atoms. The normalized spacial score (nSPS) is 22.3. The van der Waals surface area contributed by atoms with Crippen molar-refractivity contribution in [3.05, 3.63) is 35.4 Å². The van der Waals surface area contributed by atoms with Gasteiger partial charge in [-0.3, -0.25) is 4.99 Å². The molecule has 0 fully saturated rings. The molecule has 1 aromatic rings. The molecule has 1 aliphatic heterocycles. The lowest BCUT2D eigenvalue weighted by molar-refractivity contribution is 0.0502. The Morgan fingerprint density at radius 1 is 1.17 bits per heavy atom. The summed E-state index contributed by atoms with van der Waals surface area (Å²) in [7, 11) is 1.74. The summed E-state index contributed by atoms with van der Waals surface area (Å²) in [4.78, 5) is 4.86. The molecular formula is C16H23NO. The Hall–Kier alpha value is -1.15. The van der Waals surface area contributed by atoms with E-state index in [9.17, 15) is 0 Å². The first-order valence-electron chi connectivity index (χ1n) is 6.49. The van der Waals surface area contributed by atoms with Gasteiger partial charge < -0.3 is 4.74 Å². The average molecular weight is 245 g/mol. The fourth-order valence-corrected chi connectivity index (χ4v) is 2.68. The van der Waals surface area contributed by atoms with E-state index < -0.39 is 0 Å². The summed E-state index contributed by atoms with van der Waals surface area (Å²) < 4.78 is 5.60. The fourth-order valence-electron chi connectivity index (χ4n) is 2.68. The number of aliphatic imine (C=N–C) groups is 1. The van der Waals surface area contributed by atoms with Crippen LogP contribution >= 0.6 is 0 Å². The molecule has 18 heavy (non-hydrogen) atoms. The number of hydrogen-bond acceptors (Lipinski definition) is 2. The van der Waals surface area contributed by atoms with E-state index in [1.165, 1.54) is 11.1 Å². The maximum atomic E-state index is 5.60. The van der Waals surface area contributed by atoms with Crippen LogP contribution in [0.4, 0.5) is 0 Å². The first-order chi connectivity index (χ1) is 8.28. The van der Waals surface area contributed by atoms with E-state index >= 15 is 0 Å². The Kier molecular flexibility index (Phi) is 3.10. The maximum Gasteiger partial charge on any atom is 0.157 e. The van der Waals surface area contributed by atoms with Crippen molar-refractivity contribution in [2.75, 3.05) is 7.11 Å². The van der Waals surface area contributed by atoms with Gasteiger partial charge in [-0.1, -0.05) is 58.9 Å². The van der Waals surface area contributed by atoms with Crippen LogP contribution in [-0.2, 0) is 10.2 Å². The molecule has 0 N–H and O–H groups in total. The third kappa shape index (κ3) is 1.99. The number of methoxy groups -OCH3 is 1. The number of ether oxygens (including phenoxy) is 1. The molecule has 1 unspecified atom stereocenters. The molecule has 1 aromatic carbocycles. The maximum absolute atomic E-state index is 5.60. The highest BCUT2D eigenvalue weighted by molar-refractivity contribution is 6.06. The monoisotopic (exact) mass is 245 g/mol. The zero-order valence-corrected chi connectivity index (χ0v) is 12.2. The van der Waals surface area contributed by atoms with Gasteiger partial charge in [-0.05, 0) is 5.56 Å². The summed E-state index contributed by atoms with van der Waals surface area (Å²) in [6.45, 7) is 11.0. The first kappa shape index (κ1) is 13.3. The lowest BCUT2D eigenvalue weighted by atomic mass is 9.72. The third-order valence-corrected chi connectivity index (χ3v) is 3.67. The van der Waals surface area contributed by atoms with Gasteiger partial charge in [0.2, 0.25) is 0 Å². The van der Waals surface area contributed by atoms with Crippen LogP contribution in [0.3, 0.4) is 0 Å². The number of hydrogen-bond donors (Lipinski definition) is 0. The van der Waals surface area contributed by atoms with Crippen molar-refractivity contribution in [1.29, 1.82) is 0 Å². The molecular weight excluding hydrogens is 222 g/mol. The summed E-state index contributed by atoms with van der Waals surface area (Å²) in [6, 6.07) is 8.55. The molecule has 0 saturated carbocycles. The minimum Gasteiger partial charge on any atom is -0.359 e. The van der Waals surface area contributed by atoms with Crippen LogP contribution in [0.5, 0.6) is 0 Å². The van der Waals surface area contributed by atoms with E-state index in [0.29, 0.717) is 0 Å². The van der Waals surface area contributed by atoms with E-state index in [2.05, 4.69) is 58.9 Å². The van der Waals surface area contributed by atoms with E-state index in [0.717, 1.165) is 5.71 Å². The summed E-state index contributed by atoms with van der Waals surface area (Å²) in [5.74, 6) is 0. The van der Waals surface area contributed by atoms with Gasteiger partial charge >= 0.3 is 0 Å². The lowest BCUT2D eigenvalue weighted by Crippen LogP contribution is -2.42. The number of nitrogens with zero attached hydrogens (tertiary/aromatic N) is 1. The van der Waals surface area contributed by atoms with Gasteiger partial charge in [-0.25, -0.2) is 0 Å². The van der Waals surface area contributed by atoms with Crippen molar-refractivity contribution in [1.82, 2.24) is 0 Å². The van der Waals surface area contributed by atoms with Crippen LogP contribution < -0.4 is 0 Å². The second-order valence-electron chi connectivity index (χ2n) is 6.58. The second-order valence-corrected chi connectivity index (χ2v) is 6.58. The van der Waals surface area contributed by atoms with Gasteiger partial charge in [0.25, 0.3) is 0 Å². The SMILES string of the molecule is COC1N=C(C(C)(C)C)c2ccccc2C1(C)C. The Bertz CT molecular complexity index is 480. The molecule has 2 heteroatoms. The van der Waals surface area contributed by atoms with Crippen molar-refractivity contribution in [2.45, 2.75) is 46.3 Å². The summed E-state index contributed by atoms with van der Waals surface area (Å²) in [5, 5.41) is 0. The smallest absolute Gasteiger partial charge is 0.157 e. The van der Waals surface area contributed by atoms with Gasteiger partial charge in [-0.2, -0.15) is 0 Å². The second kappa shape index (κ2) is 4.20. The molecule has 0 amide bonds. The van der Waals surface area contributed by atoms with E-state index in [1.54, 1.807) is 7.11 Å². The Morgan fingerprint density at radius 3 is 2.33 bits per heavy atom. The molecule has 0 aromatic heterocycles. The molecule has 2 rings (SSSR count). The van der Waals surface area contributed by atoms with Crippen LogP contribution in [0.25, 0.3) is 0 Å². The summed E-state index contributed by atoms with van der Waals surface area (Å²) >= 11 is 0. The van der Waals surface area contributed by atoms with Gasteiger partial charge in [0.05, 0.1) is 5.71 Å². The number of rotatable bonds is 1. The molecule has 1 atom stereocenters. The summed E-state index contributed by atoms with van der Waals surface area (Å²) in [6.07, 6.45) is -0.110. The zero-order valence-electron chi connectivity index (χ0n) is 12.2. The van der Waals surface area contributed by atoms with Crippen LogP contribution in [-0.4, -0.2) is 19.0 Å². The highest BCUT2D eigenvalue weighted by Crippen LogP contribution is 2.39. The van der Waals surface area contributed by atoms with E-state index in [1.807, 2.05) is 0 Å². The highest BCUT2D eigenvalue weighted by atomic mass is 16.5. The van der Waals surface area contributed by atoms with Crippen LogP contribution in [0.1, 0.15) is 45.7 Å². The first-order valence-corrected chi connectivity index (χ1v) is 6.49. The summed E-state index contributed by atoms with van der Waals surface area (Å²) in [5.41, 5.74) is 3.69. The molecule has 0 radical (unpaired) electrons. The topological polar surface area (TPSA) is 21.6 Å². The van der Waals surface area contributed by atoms with Crippen molar-refractivity contribution < 1.29 is 4.74 Å². The molecule has 1 heterocycles. The molecule has 0 saturated heterocycles. The molecule has 0 aliphatic carbocycles. The minimum atomic E-state index is -0.110. The van der Waals surface area contributed by atoms with E-state index in [4.69, 9.17) is 9.73 Å². The molecule has 1 aliphatic rings. The Morgan fingerprint density at radius 2 is 1.78 bits per heavy atom. The predicted molar refractivity (Wildman–Crippen MR) is 76.3 cm³/mol. The van der Waals surface area contributed by atoms with Gasteiger partial charge in [0, 0.05) is 23.5 Å². The molecule has 2 nitrogen and oxygen atoms in total. The predicted octanol–water partition coefficient (Wildman–Crippen LogP) is 3.79. The van der Waals surface area contributed by atoms with Gasteiger partial charge in [-0.15, -0.1) is 0 Å². The van der Waals surface area contributed by atoms with Gasteiger partial charge in [0.1, 0.15) is 0 Å². The lowest BCUT2D eigenvalue weighted by Gasteiger charge is -2.40. The molecule has 0 spiro atoms. The average Bonchev–Trinajstić information content (AvgIpc) is 2.27. The van der Waals surface area contributed by atoms with Crippen molar-refractivity contribution in [3.8, 4) is 0 Å². The quantitative estimate of drug-likeness (QED) is 0.737. The third-order valence-electron chi connectivity index (χ3n) is 3.67. The van der Waals surface area contributed by atoms with Gasteiger partial charge in [0.15, 0.2) is 6.23 Å². The van der Waals surface area contributed by atoms with Crippen molar-refractivity contribution in [2.24, 2.45) is 10.4 Å². The Labute approximate surface area is 110 Å². The Balaban J connectivity index is 2.67. The van der Waals surface area contributed by atoms with E-state index in [-0.39, 0.29) is 17.1 Å². The zero-order chi connectivity index (χ0) is 13.6. The van der Waals surface area contributed by atoms with Crippen molar-refractivity contribution >= 4 is 5.71 Å². The fraction of sp³-hybridized carbons (Fsp3) is 0.562. The largest absolute Gasteiger partial charge is 0.359 e. The van der Waals surface area contributed by atoms with Crippen molar-refractivity contribution in [3.63, 3.8) is 0 Å². The van der Waals surface area contributed by atoms with Crippen LogP contribution in [0.15, 0.2) is 29.3 Å². The highest BCUT2D eigenvalue weighted by Gasteiger charge is 2.40. The standard InChI is InChI=1S/C16H23NO/c1-15(2,3)13-11-9-7-8-10-12(11)16(4,5)14(17-13)18-6/h7-10,14H,1-6H3. The number of benzene rings is 1. The number of fused-ring (bicyclic) bond motifs is 1. The molecule has 98 valence electrons. The van der Waals surface area contributed by atoms with Crippen LogP contribution in [0, 0.1) is 5.41 Å². The minimum absolute atomic E-state index is 0.0311.